The predicted octanol–water partition coefficient (Wildman–Crippen LogP) is 2.23. The minimum absolute atomic E-state index is 0.101. The lowest BCUT2D eigenvalue weighted by atomic mass is 9.92. The number of ether oxygens (including phenoxy) is 4. The van der Waals surface area contributed by atoms with Gasteiger partial charge in [0.2, 0.25) is 0 Å². The van der Waals surface area contributed by atoms with Gasteiger partial charge in [-0.1, -0.05) is 35.9 Å². The largest absolute Gasteiger partial charge is 0.488 e. The molecule has 0 amide bonds. The van der Waals surface area contributed by atoms with Crippen LogP contribution in [0.25, 0.3) is 0 Å². The van der Waals surface area contributed by atoms with Crippen molar-refractivity contribution >= 4 is 11.6 Å². The Hall–Kier alpha value is -1.71. The van der Waals surface area contributed by atoms with Crippen molar-refractivity contribution in [2.75, 3.05) is 20.3 Å². The first-order valence-electron chi connectivity index (χ1n) is 10.3. The van der Waals surface area contributed by atoms with Crippen molar-refractivity contribution in [3.63, 3.8) is 0 Å². The zero-order chi connectivity index (χ0) is 22.0. The molecule has 0 saturated carbocycles. The normalized spacial score (nSPS) is 31.0. The molecule has 2 aromatic carbocycles. The van der Waals surface area contributed by atoms with E-state index in [9.17, 15) is 15.3 Å². The molecule has 0 bridgehead atoms. The van der Waals surface area contributed by atoms with Crippen LogP contribution >= 0.6 is 11.6 Å². The zero-order valence-electron chi connectivity index (χ0n) is 17.2. The highest BCUT2D eigenvalue weighted by Gasteiger charge is 2.44. The summed E-state index contributed by atoms with van der Waals surface area (Å²) in [5, 5.41) is 31.2. The second-order valence-corrected chi connectivity index (χ2v) is 8.31. The maximum Gasteiger partial charge on any atom is 0.186 e. The highest BCUT2D eigenvalue weighted by molar-refractivity contribution is 6.31. The quantitative estimate of drug-likeness (QED) is 0.620. The molecule has 7 nitrogen and oxygen atoms in total. The Balaban J connectivity index is 1.49. The van der Waals surface area contributed by atoms with Crippen LogP contribution < -0.4 is 4.74 Å². The summed E-state index contributed by atoms with van der Waals surface area (Å²) in [7, 11) is 1.37. The van der Waals surface area contributed by atoms with Crippen LogP contribution in [0.5, 0.6) is 5.75 Å². The number of halogens is 1. The molecule has 2 saturated heterocycles. The van der Waals surface area contributed by atoms with Crippen molar-refractivity contribution in [2.45, 2.75) is 49.7 Å². The molecular weight excluding hydrogens is 424 g/mol. The van der Waals surface area contributed by atoms with Gasteiger partial charge in [-0.05, 0) is 41.3 Å². The van der Waals surface area contributed by atoms with Crippen LogP contribution in [0, 0.1) is 0 Å². The third-order valence-electron chi connectivity index (χ3n) is 5.71. The third kappa shape index (κ3) is 5.04. The van der Waals surface area contributed by atoms with Gasteiger partial charge in [0.1, 0.15) is 36.3 Å². The molecule has 2 fully saturated rings. The van der Waals surface area contributed by atoms with Crippen LogP contribution in [0.4, 0.5) is 0 Å². The smallest absolute Gasteiger partial charge is 0.186 e. The molecule has 3 N–H and O–H groups in total. The second kappa shape index (κ2) is 9.83. The zero-order valence-corrected chi connectivity index (χ0v) is 17.9. The molecule has 0 aromatic heterocycles. The van der Waals surface area contributed by atoms with E-state index in [1.807, 2.05) is 30.3 Å². The van der Waals surface area contributed by atoms with Gasteiger partial charge in [-0.3, -0.25) is 0 Å². The van der Waals surface area contributed by atoms with Crippen molar-refractivity contribution in [2.24, 2.45) is 0 Å². The van der Waals surface area contributed by atoms with Gasteiger partial charge in [-0.15, -0.1) is 0 Å². The van der Waals surface area contributed by atoms with Crippen LogP contribution in [0.2, 0.25) is 5.02 Å². The van der Waals surface area contributed by atoms with E-state index in [-0.39, 0.29) is 6.10 Å². The van der Waals surface area contributed by atoms with Gasteiger partial charge < -0.3 is 34.3 Å². The van der Waals surface area contributed by atoms with E-state index in [4.69, 9.17) is 30.5 Å². The number of aliphatic hydroxyl groups is 3. The predicted molar refractivity (Wildman–Crippen MR) is 113 cm³/mol. The fraction of sp³-hybridized carbons (Fsp3) is 0.478. The molecule has 4 rings (SSSR count). The molecule has 168 valence electrons. The SMILES string of the molecule is CO[C@H]1O[C@@H](c2ccc(Cl)c(Cc3ccc(O[C@H]4CCOC4)cc3)c2)[C@H](O)[C@@H](O)[C@@H]1O. The Kier molecular flexibility index (Phi) is 7.13. The Labute approximate surface area is 186 Å². The van der Waals surface area contributed by atoms with Crippen molar-refractivity contribution < 1.29 is 34.3 Å². The molecule has 6 atom stereocenters. The first-order valence-corrected chi connectivity index (χ1v) is 10.7. The van der Waals surface area contributed by atoms with Gasteiger partial charge >= 0.3 is 0 Å². The lowest BCUT2D eigenvalue weighted by Gasteiger charge is -2.40. The van der Waals surface area contributed by atoms with Crippen LogP contribution in [-0.4, -0.2) is 66.3 Å². The maximum absolute atomic E-state index is 10.4. The fourth-order valence-electron chi connectivity index (χ4n) is 3.93. The Morgan fingerprint density at radius 1 is 1.03 bits per heavy atom. The average Bonchev–Trinajstić information content (AvgIpc) is 3.28. The molecule has 0 spiro atoms. The van der Waals surface area contributed by atoms with E-state index in [0.29, 0.717) is 23.6 Å². The summed E-state index contributed by atoms with van der Waals surface area (Å²) in [6, 6.07) is 13.1. The second-order valence-electron chi connectivity index (χ2n) is 7.91. The molecule has 0 radical (unpaired) electrons. The summed E-state index contributed by atoms with van der Waals surface area (Å²) in [5.74, 6) is 0.802. The molecule has 2 heterocycles. The summed E-state index contributed by atoms with van der Waals surface area (Å²) < 4.78 is 22.0. The summed E-state index contributed by atoms with van der Waals surface area (Å²) in [5.41, 5.74) is 2.54. The lowest BCUT2D eigenvalue weighted by Crippen LogP contribution is -2.54. The van der Waals surface area contributed by atoms with E-state index >= 15 is 0 Å². The standard InChI is InChI=1S/C23H27ClO7/c1-28-23-21(27)19(25)20(26)22(31-23)14-4-7-18(24)15(11-14)10-13-2-5-16(6-3-13)30-17-8-9-29-12-17/h2-7,11,17,19-23,25-27H,8-10,12H2,1H3/t17-,19+,20+,21-,22-,23-/m0/s1. The van der Waals surface area contributed by atoms with E-state index < -0.39 is 30.7 Å². The number of rotatable bonds is 6. The van der Waals surface area contributed by atoms with Crippen molar-refractivity contribution in [1.29, 1.82) is 0 Å². The van der Waals surface area contributed by atoms with Gasteiger partial charge in [0.25, 0.3) is 0 Å². The van der Waals surface area contributed by atoms with Crippen LogP contribution in [-0.2, 0) is 20.6 Å². The molecule has 2 aliphatic rings. The van der Waals surface area contributed by atoms with Crippen LogP contribution in [0.15, 0.2) is 42.5 Å². The van der Waals surface area contributed by atoms with E-state index in [2.05, 4.69) is 0 Å². The number of aliphatic hydroxyl groups excluding tert-OH is 3. The molecule has 2 aliphatic heterocycles. The van der Waals surface area contributed by atoms with E-state index in [1.165, 1.54) is 7.11 Å². The van der Waals surface area contributed by atoms with Gasteiger partial charge in [0, 0.05) is 18.6 Å². The average molecular weight is 451 g/mol. The number of benzene rings is 2. The maximum atomic E-state index is 10.4. The minimum Gasteiger partial charge on any atom is -0.488 e. The molecule has 8 heteroatoms. The Bertz CT molecular complexity index is 867. The number of hydrogen-bond acceptors (Lipinski definition) is 7. The monoisotopic (exact) mass is 450 g/mol. The Morgan fingerprint density at radius 2 is 1.81 bits per heavy atom. The summed E-state index contributed by atoms with van der Waals surface area (Å²) in [4.78, 5) is 0. The van der Waals surface area contributed by atoms with Crippen LogP contribution in [0.3, 0.4) is 0 Å². The fourth-order valence-corrected chi connectivity index (χ4v) is 4.11. The van der Waals surface area contributed by atoms with Crippen molar-refractivity contribution in [1.82, 2.24) is 0 Å². The first kappa shape index (κ1) is 22.5. The number of methoxy groups -OCH3 is 1. The molecule has 31 heavy (non-hydrogen) atoms. The number of hydrogen-bond donors (Lipinski definition) is 3. The summed E-state index contributed by atoms with van der Waals surface area (Å²) >= 11 is 6.42. The van der Waals surface area contributed by atoms with Crippen molar-refractivity contribution in [3.05, 3.63) is 64.2 Å². The highest BCUT2D eigenvalue weighted by atomic mass is 35.5. The first-order chi connectivity index (χ1) is 15.0. The topological polar surface area (TPSA) is 97.6 Å². The minimum atomic E-state index is -1.39. The van der Waals surface area contributed by atoms with Gasteiger partial charge in [-0.2, -0.15) is 0 Å². The van der Waals surface area contributed by atoms with E-state index in [0.717, 1.165) is 29.9 Å². The molecule has 2 aromatic rings. The molecule has 0 unspecified atom stereocenters. The van der Waals surface area contributed by atoms with E-state index in [1.54, 1.807) is 12.1 Å². The summed E-state index contributed by atoms with van der Waals surface area (Å²) in [6.07, 6.45) is -4.35. The highest BCUT2D eigenvalue weighted by Crippen LogP contribution is 2.34. The van der Waals surface area contributed by atoms with Gasteiger partial charge in [-0.25, -0.2) is 0 Å². The third-order valence-corrected chi connectivity index (χ3v) is 6.08. The molecular formula is C23H27ClO7. The summed E-state index contributed by atoms with van der Waals surface area (Å²) in [6.45, 7) is 1.35. The Morgan fingerprint density at radius 3 is 2.48 bits per heavy atom. The lowest BCUT2D eigenvalue weighted by molar-refractivity contribution is -0.292. The van der Waals surface area contributed by atoms with Crippen LogP contribution in [0.1, 0.15) is 29.2 Å². The van der Waals surface area contributed by atoms with Gasteiger partial charge in [0.05, 0.1) is 13.2 Å². The van der Waals surface area contributed by atoms with Crippen molar-refractivity contribution in [3.8, 4) is 5.75 Å². The molecule has 0 aliphatic carbocycles. The van der Waals surface area contributed by atoms with Gasteiger partial charge in [0.15, 0.2) is 6.29 Å².